The van der Waals surface area contributed by atoms with Crippen LogP contribution in [0.3, 0.4) is 0 Å². The van der Waals surface area contributed by atoms with E-state index in [1.54, 1.807) is 19.1 Å². The number of allylic oxidation sites excluding steroid dienone is 1. The van der Waals surface area contributed by atoms with Crippen LogP contribution in [0.25, 0.3) is 5.57 Å². The Morgan fingerprint density at radius 2 is 1.94 bits per heavy atom. The molecule has 9 heteroatoms. The van der Waals surface area contributed by atoms with Gasteiger partial charge in [-0.3, -0.25) is 14.2 Å². The fourth-order valence-corrected chi connectivity index (χ4v) is 5.56. The molecule has 3 aromatic rings. The van der Waals surface area contributed by atoms with Crippen LogP contribution in [0.1, 0.15) is 24.1 Å². The molecule has 2 aliphatic rings. The first kappa shape index (κ1) is 20.6. The van der Waals surface area contributed by atoms with Crippen molar-refractivity contribution in [1.82, 2.24) is 4.57 Å². The molecule has 0 saturated heterocycles. The zero-order valence-corrected chi connectivity index (χ0v) is 19.4. The molecule has 0 radical (unpaired) electrons. The van der Waals surface area contributed by atoms with E-state index in [1.807, 2.05) is 36.4 Å². The van der Waals surface area contributed by atoms with E-state index < -0.39 is 12.0 Å². The van der Waals surface area contributed by atoms with Crippen LogP contribution in [0.2, 0.25) is 0 Å². The molecule has 1 aromatic heterocycles. The third-order valence-corrected chi connectivity index (χ3v) is 7.02. The van der Waals surface area contributed by atoms with Gasteiger partial charge in [-0.1, -0.05) is 57.6 Å². The Balaban J connectivity index is 1.85. The summed E-state index contributed by atoms with van der Waals surface area (Å²) in [6.07, 6.45) is 0. The van der Waals surface area contributed by atoms with E-state index in [4.69, 9.17) is 4.74 Å². The van der Waals surface area contributed by atoms with Crippen LogP contribution in [-0.2, 0) is 14.3 Å². The lowest BCUT2D eigenvalue weighted by molar-refractivity contribution is -0.136. The summed E-state index contributed by atoms with van der Waals surface area (Å²) in [6.45, 7) is 1.72. The summed E-state index contributed by atoms with van der Waals surface area (Å²) in [6, 6.07) is 14.0. The minimum atomic E-state index is -0.708. The van der Waals surface area contributed by atoms with E-state index in [9.17, 15) is 14.4 Å². The topological polar surface area (TPSA) is 89.8 Å². The second-order valence-electron chi connectivity index (χ2n) is 7.32. The molecule has 1 unspecified atom stereocenters. The van der Waals surface area contributed by atoms with Gasteiger partial charge in [0.05, 0.1) is 30.0 Å². The maximum Gasteiger partial charge on any atom is 0.338 e. The maximum absolute atomic E-state index is 13.7. The first-order valence-corrected chi connectivity index (χ1v) is 11.3. The highest BCUT2D eigenvalue weighted by molar-refractivity contribution is 9.10. The van der Waals surface area contributed by atoms with Crippen LogP contribution < -0.4 is 20.2 Å². The highest BCUT2D eigenvalue weighted by Gasteiger charge is 2.34. The fourth-order valence-electron chi connectivity index (χ4n) is 4.06. The van der Waals surface area contributed by atoms with E-state index in [1.165, 1.54) is 11.7 Å². The number of fused-ring (bicyclic) bond motifs is 2. The molecule has 160 valence electrons. The van der Waals surface area contributed by atoms with E-state index in [0.29, 0.717) is 32.9 Å². The van der Waals surface area contributed by atoms with Gasteiger partial charge < -0.3 is 10.1 Å². The number of rotatable bonds is 2. The molecule has 5 rings (SSSR count). The highest BCUT2D eigenvalue weighted by Crippen LogP contribution is 2.33. The quantitative estimate of drug-likeness (QED) is 0.537. The van der Waals surface area contributed by atoms with Crippen LogP contribution in [0, 0.1) is 0 Å². The van der Waals surface area contributed by atoms with Gasteiger partial charge in [-0.25, -0.2) is 9.79 Å². The lowest BCUT2D eigenvalue weighted by Gasteiger charge is -2.24. The summed E-state index contributed by atoms with van der Waals surface area (Å²) >= 11 is 4.57. The summed E-state index contributed by atoms with van der Waals surface area (Å²) < 4.78 is 7.56. The lowest BCUT2D eigenvalue weighted by Crippen LogP contribution is -2.40. The number of nitrogens with zero attached hydrogens (tertiary/aromatic N) is 2. The minimum Gasteiger partial charge on any atom is -0.466 e. The summed E-state index contributed by atoms with van der Waals surface area (Å²) in [5.41, 5.74) is 2.73. The zero-order valence-electron chi connectivity index (χ0n) is 17.0. The van der Waals surface area contributed by atoms with Gasteiger partial charge in [-0.2, -0.15) is 0 Å². The normalized spacial score (nSPS) is 18.6. The largest absolute Gasteiger partial charge is 0.466 e. The third kappa shape index (κ3) is 3.08. The SMILES string of the molecule is COC(=O)C1=C(C)N=c2s/c(=C3\C(=O)Nc4ccc(Br)cc43)c(=O)n2C1c1ccccc1. The van der Waals surface area contributed by atoms with Gasteiger partial charge in [0.2, 0.25) is 0 Å². The van der Waals surface area contributed by atoms with Crippen molar-refractivity contribution in [2.24, 2.45) is 4.99 Å². The number of hydrogen-bond donors (Lipinski definition) is 1. The lowest BCUT2D eigenvalue weighted by atomic mass is 9.96. The van der Waals surface area contributed by atoms with Crippen LogP contribution in [-0.4, -0.2) is 23.6 Å². The molecule has 0 fully saturated rings. The predicted octanol–water partition coefficient (Wildman–Crippen LogP) is 2.49. The number of carbonyl (C=O) groups is 2. The maximum atomic E-state index is 13.7. The van der Waals surface area contributed by atoms with Gasteiger partial charge in [-0.15, -0.1) is 0 Å². The van der Waals surface area contributed by atoms with Crippen molar-refractivity contribution in [2.75, 3.05) is 12.4 Å². The van der Waals surface area contributed by atoms with Crippen molar-refractivity contribution < 1.29 is 14.3 Å². The molecule has 0 saturated carbocycles. The molecular formula is C23H16BrN3O4S. The molecule has 0 aliphatic carbocycles. The number of halogens is 1. The van der Waals surface area contributed by atoms with Gasteiger partial charge in [0.1, 0.15) is 4.53 Å². The fraction of sp³-hybridized carbons (Fsp3) is 0.130. The molecule has 3 heterocycles. The Hall–Kier alpha value is -3.30. The number of hydrogen-bond acceptors (Lipinski definition) is 6. The number of nitrogens with one attached hydrogen (secondary N) is 1. The molecule has 2 aliphatic heterocycles. The van der Waals surface area contributed by atoms with Crippen molar-refractivity contribution in [3.63, 3.8) is 0 Å². The van der Waals surface area contributed by atoms with E-state index in [2.05, 4.69) is 26.2 Å². The predicted molar refractivity (Wildman–Crippen MR) is 124 cm³/mol. The number of ether oxygens (including phenoxy) is 1. The Labute approximate surface area is 194 Å². The average Bonchev–Trinajstić information content (AvgIpc) is 3.27. The minimum absolute atomic E-state index is 0.276. The first-order chi connectivity index (χ1) is 15.4. The number of benzene rings is 2. The number of carbonyl (C=O) groups excluding carboxylic acids is 2. The zero-order chi connectivity index (χ0) is 22.6. The first-order valence-electron chi connectivity index (χ1n) is 9.70. The molecule has 1 atom stereocenters. The van der Waals surface area contributed by atoms with Crippen LogP contribution >= 0.6 is 27.3 Å². The molecular weight excluding hydrogens is 494 g/mol. The summed E-state index contributed by atoms with van der Waals surface area (Å²) in [4.78, 5) is 44.2. The van der Waals surface area contributed by atoms with E-state index in [0.717, 1.165) is 21.4 Å². The number of thiazole rings is 1. The number of amides is 1. The molecule has 0 bridgehead atoms. The second kappa shape index (κ2) is 7.68. The van der Waals surface area contributed by atoms with Gasteiger partial charge in [0, 0.05) is 15.7 Å². The van der Waals surface area contributed by atoms with Crippen molar-refractivity contribution >= 4 is 50.4 Å². The van der Waals surface area contributed by atoms with Crippen molar-refractivity contribution in [3.05, 3.63) is 95.1 Å². The Morgan fingerprint density at radius 3 is 2.66 bits per heavy atom. The summed E-state index contributed by atoms with van der Waals surface area (Å²) in [5, 5.41) is 2.82. The van der Waals surface area contributed by atoms with Crippen LogP contribution in [0.4, 0.5) is 5.69 Å². The van der Waals surface area contributed by atoms with Crippen LogP contribution in [0.5, 0.6) is 0 Å². The third-order valence-electron chi connectivity index (χ3n) is 5.47. The van der Waals surface area contributed by atoms with Gasteiger partial charge in [0.25, 0.3) is 11.5 Å². The van der Waals surface area contributed by atoms with Crippen molar-refractivity contribution in [1.29, 1.82) is 0 Å². The number of anilines is 1. The molecule has 7 nitrogen and oxygen atoms in total. The smallest absolute Gasteiger partial charge is 0.338 e. The summed E-state index contributed by atoms with van der Waals surface area (Å²) in [5.74, 6) is -0.894. The number of methoxy groups -OCH3 is 1. The van der Waals surface area contributed by atoms with Crippen LogP contribution in [0.15, 0.2) is 74.1 Å². The monoisotopic (exact) mass is 509 g/mol. The van der Waals surface area contributed by atoms with Gasteiger partial charge >= 0.3 is 5.97 Å². The van der Waals surface area contributed by atoms with Crippen molar-refractivity contribution in [3.8, 4) is 0 Å². The molecule has 1 N–H and O–H groups in total. The number of esters is 1. The molecule has 2 aromatic carbocycles. The van der Waals surface area contributed by atoms with Gasteiger partial charge in [0.15, 0.2) is 4.80 Å². The highest BCUT2D eigenvalue weighted by atomic mass is 79.9. The Bertz CT molecular complexity index is 1520. The second-order valence-corrected chi connectivity index (χ2v) is 9.22. The van der Waals surface area contributed by atoms with E-state index >= 15 is 0 Å². The number of aromatic nitrogens is 1. The average molecular weight is 510 g/mol. The van der Waals surface area contributed by atoms with Crippen molar-refractivity contribution in [2.45, 2.75) is 13.0 Å². The van der Waals surface area contributed by atoms with Gasteiger partial charge in [-0.05, 0) is 30.7 Å². The standard InChI is InChI=1S/C23H16BrN3O4S/c1-11-16(22(30)31-2)18(12-6-4-3-5-7-12)27-21(29)19(32-23(27)25-11)17-14-10-13(24)8-9-15(14)26-20(17)28/h3-10,18H,1-2H3,(H,26,28)/b19-17-. The summed E-state index contributed by atoms with van der Waals surface area (Å²) in [7, 11) is 1.30. The molecule has 32 heavy (non-hydrogen) atoms. The Morgan fingerprint density at radius 1 is 1.19 bits per heavy atom. The molecule has 0 spiro atoms. The van der Waals surface area contributed by atoms with E-state index in [-0.39, 0.29) is 16.0 Å². The molecule has 1 amide bonds. The Kier molecular flexibility index (Phi) is 4.94.